The van der Waals surface area contributed by atoms with Gasteiger partial charge in [0.25, 0.3) is 5.91 Å². The Morgan fingerprint density at radius 1 is 1.27 bits per heavy atom. The van der Waals surface area contributed by atoms with Gasteiger partial charge in [0.1, 0.15) is 24.4 Å². The zero-order valence-corrected chi connectivity index (χ0v) is 14.8. The number of rotatable bonds is 6. The zero-order chi connectivity index (χ0) is 19.5. The van der Waals surface area contributed by atoms with Crippen LogP contribution in [0, 0.1) is 0 Å². The minimum atomic E-state index is -3.88. The highest BCUT2D eigenvalue weighted by atomic mass is 32.2. The second-order valence-corrected chi connectivity index (χ2v) is 7.29. The number of benzene rings is 1. The Bertz CT molecular complexity index is 724. The van der Waals surface area contributed by atoms with Crippen LogP contribution in [0.3, 0.4) is 0 Å². The Morgan fingerprint density at radius 3 is 2.38 bits per heavy atom. The molecule has 26 heavy (non-hydrogen) atoms. The van der Waals surface area contributed by atoms with E-state index in [4.69, 9.17) is 14.6 Å². The van der Waals surface area contributed by atoms with Gasteiger partial charge in [-0.05, 0) is 31.2 Å². The molecule has 0 bridgehead atoms. The molecule has 1 aliphatic rings. The predicted molar refractivity (Wildman–Crippen MR) is 88.5 cm³/mol. The highest BCUT2D eigenvalue weighted by Crippen LogP contribution is 2.22. The first-order valence-corrected chi connectivity index (χ1v) is 9.41. The maximum absolute atomic E-state index is 12.4. The monoisotopic (exact) mass is 390 g/mol. The van der Waals surface area contributed by atoms with Crippen LogP contribution in [0.1, 0.15) is 17.3 Å². The molecular formula is C15H22N2O8S. The zero-order valence-electron chi connectivity index (χ0n) is 14.0. The fourth-order valence-electron chi connectivity index (χ4n) is 2.57. The van der Waals surface area contributed by atoms with Crippen LogP contribution in [0.5, 0.6) is 0 Å². The summed E-state index contributed by atoms with van der Waals surface area (Å²) in [6.07, 6.45) is -5.00. The normalized spacial score (nSPS) is 29.3. The van der Waals surface area contributed by atoms with Gasteiger partial charge in [-0.3, -0.25) is 4.79 Å². The molecule has 1 aromatic carbocycles. The number of hydrogen-bond donors (Lipinski definition) is 5. The summed E-state index contributed by atoms with van der Waals surface area (Å²) in [4.78, 5) is 12.2. The molecule has 0 aromatic heterocycles. The maximum Gasteiger partial charge on any atom is 0.251 e. The largest absolute Gasteiger partial charge is 0.394 e. The number of ether oxygens (including phenoxy) is 2. The van der Waals surface area contributed by atoms with Crippen molar-refractivity contribution in [1.29, 1.82) is 0 Å². The number of aliphatic hydroxyl groups is 3. The average molecular weight is 390 g/mol. The number of amides is 1. The van der Waals surface area contributed by atoms with Crippen LogP contribution < -0.4 is 10.5 Å². The van der Waals surface area contributed by atoms with E-state index >= 15 is 0 Å². The number of aliphatic hydroxyl groups excluding tert-OH is 3. The van der Waals surface area contributed by atoms with Gasteiger partial charge in [-0.2, -0.15) is 0 Å². The summed E-state index contributed by atoms with van der Waals surface area (Å²) in [5.74, 6) is -0.641. The van der Waals surface area contributed by atoms with E-state index in [1.165, 1.54) is 24.3 Å². The van der Waals surface area contributed by atoms with Gasteiger partial charge in [0.05, 0.1) is 11.5 Å². The summed E-state index contributed by atoms with van der Waals surface area (Å²) in [6, 6.07) is 3.77. The molecule has 5 atom stereocenters. The topological polar surface area (TPSA) is 168 Å². The summed E-state index contributed by atoms with van der Waals surface area (Å²) < 4.78 is 33.2. The molecule has 1 fully saturated rings. The molecule has 2 rings (SSSR count). The Kier molecular flexibility index (Phi) is 6.69. The van der Waals surface area contributed by atoms with Gasteiger partial charge in [-0.15, -0.1) is 0 Å². The molecule has 1 saturated heterocycles. The summed E-state index contributed by atoms with van der Waals surface area (Å²) in [5, 5.41) is 36.9. The molecule has 11 heteroatoms. The molecule has 0 unspecified atom stereocenters. The van der Waals surface area contributed by atoms with Gasteiger partial charge in [-0.1, -0.05) is 0 Å². The van der Waals surface area contributed by atoms with Crippen molar-refractivity contribution >= 4 is 15.9 Å². The lowest BCUT2D eigenvalue weighted by Crippen LogP contribution is -2.64. The van der Waals surface area contributed by atoms with E-state index in [0.29, 0.717) is 0 Å². The molecule has 6 N–H and O–H groups in total. The number of hydrogen-bond acceptors (Lipinski definition) is 8. The Labute approximate surface area is 150 Å². The van der Waals surface area contributed by atoms with Crippen LogP contribution in [0.25, 0.3) is 0 Å². The third-order valence-corrected chi connectivity index (χ3v) is 4.88. The van der Waals surface area contributed by atoms with Gasteiger partial charge in [0.15, 0.2) is 6.29 Å². The number of nitrogens with two attached hydrogens (primary N) is 1. The van der Waals surface area contributed by atoms with E-state index in [9.17, 15) is 28.5 Å². The van der Waals surface area contributed by atoms with Gasteiger partial charge < -0.3 is 30.1 Å². The first-order chi connectivity index (χ1) is 12.2. The summed E-state index contributed by atoms with van der Waals surface area (Å²) in [6.45, 7) is 1.36. The summed E-state index contributed by atoms with van der Waals surface area (Å²) >= 11 is 0. The van der Waals surface area contributed by atoms with Gasteiger partial charge >= 0.3 is 0 Å². The lowest BCUT2D eigenvalue weighted by atomic mass is 9.96. The van der Waals surface area contributed by atoms with Crippen molar-refractivity contribution < 1.29 is 38.0 Å². The van der Waals surface area contributed by atoms with Crippen LogP contribution in [0.15, 0.2) is 29.2 Å². The summed E-state index contributed by atoms with van der Waals surface area (Å²) in [5.41, 5.74) is 0.110. The van der Waals surface area contributed by atoms with Crippen molar-refractivity contribution in [3.63, 3.8) is 0 Å². The molecule has 1 aromatic rings. The lowest BCUT2D eigenvalue weighted by molar-refractivity contribution is -0.267. The van der Waals surface area contributed by atoms with E-state index in [-0.39, 0.29) is 17.1 Å². The van der Waals surface area contributed by atoms with Crippen molar-refractivity contribution in [2.45, 2.75) is 42.5 Å². The molecule has 10 nitrogen and oxygen atoms in total. The molecule has 0 aliphatic carbocycles. The molecule has 0 saturated carbocycles. The smallest absolute Gasteiger partial charge is 0.251 e. The van der Waals surface area contributed by atoms with Crippen LogP contribution in [-0.4, -0.2) is 73.5 Å². The molecule has 0 radical (unpaired) electrons. The average Bonchev–Trinajstić information content (AvgIpc) is 2.60. The lowest BCUT2D eigenvalue weighted by Gasteiger charge is -2.42. The first kappa shape index (κ1) is 20.7. The second-order valence-electron chi connectivity index (χ2n) is 5.73. The standard InChI is InChI=1S/C15H22N2O8S/c1-2-24-15-11(13(20)12(19)10(7-18)25-15)17-14(21)8-3-5-9(6-4-8)26(16,22)23/h3-6,10-13,15,18-20H,2,7H2,1H3,(H,17,21)(H2,16,22,23)/t10-,11-,12-,13-,15-/m1/s1. The highest BCUT2D eigenvalue weighted by Gasteiger charge is 2.45. The third kappa shape index (κ3) is 4.57. The predicted octanol–water partition coefficient (Wildman–Crippen LogP) is -2.09. The first-order valence-electron chi connectivity index (χ1n) is 7.86. The third-order valence-electron chi connectivity index (χ3n) is 3.95. The fraction of sp³-hybridized carbons (Fsp3) is 0.533. The van der Waals surface area contributed by atoms with Crippen molar-refractivity contribution in [3.8, 4) is 0 Å². The Hall–Kier alpha value is -1.60. The number of primary sulfonamides is 1. The molecule has 1 heterocycles. The van der Waals surface area contributed by atoms with E-state index in [1.807, 2.05) is 0 Å². The molecule has 0 spiro atoms. The number of carbonyl (C=O) groups is 1. The molecular weight excluding hydrogens is 368 g/mol. The van der Waals surface area contributed by atoms with Crippen molar-refractivity contribution in [2.24, 2.45) is 5.14 Å². The van der Waals surface area contributed by atoms with Crippen molar-refractivity contribution in [3.05, 3.63) is 29.8 Å². The maximum atomic E-state index is 12.4. The number of sulfonamides is 1. The van der Waals surface area contributed by atoms with Crippen molar-refractivity contribution in [2.75, 3.05) is 13.2 Å². The molecule has 1 aliphatic heterocycles. The minimum absolute atomic E-state index is 0.110. The minimum Gasteiger partial charge on any atom is -0.394 e. The van der Waals surface area contributed by atoms with Crippen molar-refractivity contribution in [1.82, 2.24) is 5.32 Å². The second kappa shape index (κ2) is 8.39. The van der Waals surface area contributed by atoms with E-state index in [2.05, 4.69) is 5.32 Å². The van der Waals surface area contributed by atoms with Crippen LogP contribution >= 0.6 is 0 Å². The fourth-order valence-corrected chi connectivity index (χ4v) is 3.09. The van der Waals surface area contributed by atoms with Crippen LogP contribution in [0.4, 0.5) is 0 Å². The highest BCUT2D eigenvalue weighted by molar-refractivity contribution is 7.89. The Balaban J connectivity index is 2.17. The Morgan fingerprint density at radius 2 is 1.88 bits per heavy atom. The van der Waals surface area contributed by atoms with Gasteiger partial charge in [0, 0.05) is 12.2 Å². The number of nitrogens with one attached hydrogen (secondary N) is 1. The van der Waals surface area contributed by atoms with Gasteiger partial charge in [0.2, 0.25) is 10.0 Å². The van der Waals surface area contributed by atoms with E-state index < -0.39 is 53.2 Å². The molecule has 1 amide bonds. The van der Waals surface area contributed by atoms with Gasteiger partial charge in [-0.25, -0.2) is 13.6 Å². The SMILES string of the molecule is CCO[C@@H]1O[C@H](CO)[C@@H](O)[C@H](O)[C@H]1NC(=O)c1ccc(S(N)(=O)=O)cc1. The van der Waals surface area contributed by atoms with E-state index in [0.717, 1.165) is 0 Å². The molecule has 146 valence electrons. The quantitative estimate of drug-likeness (QED) is 0.368. The summed E-state index contributed by atoms with van der Waals surface area (Å²) in [7, 11) is -3.88. The van der Waals surface area contributed by atoms with Crippen LogP contribution in [-0.2, 0) is 19.5 Å². The van der Waals surface area contributed by atoms with Crippen LogP contribution in [0.2, 0.25) is 0 Å². The van der Waals surface area contributed by atoms with E-state index in [1.54, 1.807) is 6.92 Å². The number of carbonyl (C=O) groups excluding carboxylic acids is 1.